The highest BCUT2D eigenvalue weighted by Gasteiger charge is 2.57. The third-order valence-electron chi connectivity index (χ3n) is 3.36. The number of hydrogen-bond donors (Lipinski definition) is 0. The molecule has 0 spiro atoms. The summed E-state index contributed by atoms with van der Waals surface area (Å²) in [6, 6.07) is 5.66. The van der Waals surface area contributed by atoms with Crippen LogP contribution in [0.3, 0.4) is 0 Å². The Balaban J connectivity index is 1.76. The SMILES string of the molecule is CCOC(=O)C1(c2nc(Cc3ccccn3)no2)CC1. The second-order valence-electron chi connectivity index (χ2n) is 4.82. The summed E-state index contributed by atoms with van der Waals surface area (Å²) in [7, 11) is 0. The lowest BCUT2D eigenvalue weighted by Gasteiger charge is -2.07. The minimum Gasteiger partial charge on any atom is -0.465 e. The van der Waals surface area contributed by atoms with Crippen LogP contribution >= 0.6 is 0 Å². The lowest BCUT2D eigenvalue weighted by Crippen LogP contribution is -2.23. The van der Waals surface area contributed by atoms with E-state index in [1.807, 2.05) is 18.2 Å². The summed E-state index contributed by atoms with van der Waals surface area (Å²) in [6.07, 6.45) is 3.62. The van der Waals surface area contributed by atoms with Crippen LogP contribution in [-0.2, 0) is 21.4 Å². The number of pyridine rings is 1. The summed E-state index contributed by atoms with van der Waals surface area (Å²) >= 11 is 0. The number of hydrogen-bond acceptors (Lipinski definition) is 6. The monoisotopic (exact) mass is 273 g/mol. The highest BCUT2D eigenvalue weighted by Crippen LogP contribution is 2.48. The van der Waals surface area contributed by atoms with Gasteiger partial charge >= 0.3 is 5.97 Å². The van der Waals surface area contributed by atoms with Gasteiger partial charge < -0.3 is 9.26 Å². The first-order chi connectivity index (χ1) is 9.74. The standard InChI is InChI=1S/C14H15N3O3/c1-2-19-13(18)14(6-7-14)12-16-11(17-20-12)9-10-5-3-4-8-15-10/h3-5,8H,2,6-7,9H2,1H3. The summed E-state index contributed by atoms with van der Waals surface area (Å²) < 4.78 is 10.3. The van der Waals surface area contributed by atoms with Gasteiger partial charge in [-0.2, -0.15) is 4.98 Å². The molecule has 0 radical (unpaired) electrons. The summed E-state index contributed by atoms with van der Waals surface area (Å²) in [5, 5.41) is 3.93. The number of carbonyl (C=O) groups excluding carboxylic acids is 1. The van der Waals surface area contributed by atoms with Crippen LogP contribution in [0.1, 0.15) is 37.2 Å². The van der Waals surface area contributed by atoms with Crippen LogP contribution in [0.4, 0.5) is 0 Å². The Morgan fingerprint density at radius 1 is 1.45 bits per heavy atom. The van der Waals surface area contributed by atoms with E-state index in [-0.39, 0.29) is 5.97 Å². The maximum Gasteiger partial charge on any atom is 0.321 e. The summed E-state index contributed by atoms with van der Waals surface area (Å²) in [5.74, 6) is 0.629. The zero-order chi connectivity index (χ0) is 14.0. The van der Waals surface area contributed by atoms with Crippen molar-refractivity contribution in [1.29, 1.82) is 0 Å². The molecule has 0 aromatic carbocycles. The molecule has 3 rings (SSSR count). The first kappa shape index (κ1) is 12.8. The fraction of sp³-hybridized carbons (Fsp3) is 0.429. The molecule has 6 nitrogen and oxygen atoms in total. The van der Waals surface area contributed by atoms with Crippen molar-refractivity contribution in [2.45, 2.75) is 31.6 Å². The highest BCUT2D eigenvalue weighted by atomic mass is 16.5. The minimum absolute atomic E-state index is 0.270. The highest BCUT2D eigenvalue weighted by molar-refractivity contribution is 5.85. The van der Waals surface area contributed by atoms with Gasteiger partial charge in [-0.3, -0.25) is 9.78 Å². The van der Waals surface area contributed by atoms with E-state index in [9.17, 15) is 4.79 Å². The topological polar surface area (TPSA) is 78.1 Å². The maximum absolute atomic E-state index is 11.9. The molecule has 2 heterocycles. The zero-order valence-electron chi connectivity index (χ0n) is 11.2. The van der Waals surface area contributed by atoms with E-state index in [2.05, 4.69) is 15.1 Å². The molecular weight excluding hydrogens is 258 g/mol. The average molecular weight is 273 g/mol. The largest absolute Gasteiger partial charge is 0.465 e. The van der Waals surface area contributed by atoms with Gasteiger partial charge in [-0.25, -0.2) is 0 Å². The molecule has 0 aliphatic heterocycles. The van der Waals surface area contributed by atoms with Crippen LogP contribution in [0.15, 0.2) is 28.9 Å². The molecule has 6 heteroatoms. The third-order valence-corrected chi connectivity index (χ3v) is 3.36. The van der Waals surface area contributed by atoms with Gasteiger partial charge in [-0.05, 0) is 31.9 Å². The third kappa shape index (κ3) is 2.29. The molecule has 0 N–H and O–H groups in total. The molecule has 0 saturated heterocycles. The molecular formula is C14H15N3O3. The molecule has 20 heavy (non-hydrogen) atoms. The average Bonchev–Trinajstić information content (AvgIpc) is 3.15. The molecule has 1 aliphatic carbocycles. The van der Waals surface area contributed by atoms with Gasteiger partial charge in [-0.15, -0.1) is 0 Å². The van der Waals surface area contributed by atoms with Gasteiger partial charge in [0.05, 0.1) is 13.0 Å². The van der Waals surface area contributed by atoms with Crippen LogP contribution in [0.25, 0.3) is 0 Å². The van der Waals surface area contributed by atoms with Gasteiger partial charge in [0.25, 0.3) is 0 Å². The molecule has 1 saturated carbocycles. The minimum atomic E-state index is -0.703. The number of ether oxygens (including phenoxy) is 1. The Morgan fingerprint density at radius 2 is 2.30 bits per heavy atom. The number of rotatable bonds is 5. The van der Waals surface area contributed by atoms with Crippen LogP contribution in [0.5, 0.6) is 0 Å². The fourth-order valence-electron chi connectivity index (χ4n) is 2.08. The van der Waals surface area contributed by atoms with Crippen LogP contribution in [0, 0.1) is 0 Å². The molecule has 0 atom stereocenters. The van der Waals surface area contributed by atoms with Gasteiger partial charge in [0, 0.05) is 11.9 Å². The van der Waals surface area contributed by atoms with Crippen LogP contribution < -0.4 is 0 Å². The van der Waals surface area contributed by atoms with Crippen molar-refractivity contribution >= 4 is 5.97 Å². The molecule has 0 amide bonds. The van der Waals surface area contributed by atoms with Gasteiger partial charge in [0.15, 0.2) is 5.82 Å². The lowest BCUT2D eigenvalue weighted by atomic mass is 10.1. The van der Waals surface area contributed by atoms with Crippen molar-refractivity contribution < 1.29 is 14.1 Å². The Hall–Kier alpha value is -2.24. The number of esters is 1. The predicted octanol–water partition coefficient (Wildman–Crippen LogP) is 1.65. The predicted molar refractivity (Wildman–Crippen MR) is 68.9 cm³/mol. The van der Waals surface area contributed by atoms with Crippen molar-refractivity contribution in [3.63, 3.8) is 0 Å². The maximum atomic E-state index is 11.9. The number of carbonyl (C=O) groups is 1. The van der Waals surface area contributed by atoms with Gasteiger partial charge in [-0.1, -0.05) is 11.2 Å². The van der Waals surface area contributed by atoms with Crippen molar-refractivity contribution in [3.05, 3.63) is 41.8 Å². The van der Waals surface area contributed by atoms with E-state index < -0.39 is 5.41 Å². The van der Waals surface area contributed by atoms with Gasteiger partial charge in [0.2, 0.25) is 5.89 Å². The zero-order valence-corrected chi connectivity index (χ0v) is 11.2. The van der Waals surface area contributed by atoms with E-state index in [0.29, 0.717) is 37.6 Å². The van der Waals surface area contributed by atoms with E-state index in [0.717, 1.165) is 5.69 Å². The number of aromatic nitrogens is 3. The Kier molecular flexibility index (Phi) is 3.22. The molecule has 2 aromatic heterocycles. The Morgan fingerprint density at radius 3 is 2.95 bits per heavy atom. The van der Waals surface area contributed by atoms with E-state index in [1.165, 1.54) is 0 Å². The smallest absolute Gasteiger partial charge is 0.321 e. The lowest BCUT2D eigenvalue weighted by molar-refractivity contribution is -0.146. The van der Waals surface area contributed by atoms with E-state index in [1.54, 1.807) is 13.1 Å². The van der Waals surface area contributed by atoms with E-state index >= 15 is 0 Å². The van der Waals surface area contributed by atoms with Crippen LogP contribution in [-0.4, -0.2) is 27.7 Å². The van der Waals surface area contributed by atoms with Crippen molar-refractivity contribution in [3.8, 4) is 0 Å². The molecule has 1 aliphatic rings. The molecule has 0 bridgehead atoms. The fourth-order valence-corrected chi connectivity index (χ4v) is 2.08. The quantitative estimate of drug-likeness (QED) is 0.771. The first-order valence-corrected chi connectivity index (χ1v) is 6.65. The van der Waals surface area contributed by atoms with E-state index in [4.69, 9.17) is 9.26 Å². The first-order valence-electron chi connectivity index (χ1n) is 6.65. The summed E-state index contributed by atoms with van der Waals surface area (Å²) in [6.45, 7) is 2.14. The van der Waals surface area contributed by atoms with Crippen molar-refractivity contribution in [1.82, 2.24) is 15.1 Å². The summed E-state index contributed by atoms with van der Waals surface area (Å²) in [4.78, 5) is 20.5. The molecule has 0 unspecified atom stereocenters. The molecule has 104 valence electrons. The second-order valence-corrected chi connectivity index (χ2v) is 4.82. The molecule has 2 aromatic rings. The Bertz CT molecular complexity index is 605. The summed E-state index contributed by atoms with van der Waals surface area (Å²) in [5.41, 5.74) is 0.159. The van der Waals surface area contributed by atoms with Crippen molar-refractivity contribution in [2.24, 2.45) is 0 Å². The number of nitrogens with zero attached hydrogens (tertiary/aromatic N) is 3. The second kappa shape index (κ2) is 5.03. The molecule has 1 fully saturated rings. The van der Waals surface area contributed by atoms with Gasteiger partial charge in [0.1, 0.15) is 5.41 Å². The Labute approximate surface area is 116 Å². The normalized spacial score (nSPS) is 15.8. The van der Waals surface area contributed by atoms with Crippen molar-refractivity contribution in [2.75, 3.05) is 6.61 Å². The van der Waals surface area contributed by atoms with Crippen LogP contribution in [0.2, 0.25) is 0 Å².